The first-order valence-electron chi connectivity index (χ1n) is 5.38. The monoisotopic (exact) mass is 238 g/mol. The van der Waals surface area contributed by atoms with E-state index < -0.39 is 5.60 Å². The van der Waals surface area contributed by atoms with Crippen molar-refractivity contribution in [1.29, 1.82) is 0 Å². The fourth-order valence-electron chi connectivity index (χ4n) is 1.68. The first kappa shape index (κ1) is 13.4. The number of rotatable bonds is 3. The lowest BCUT2D eigenvalue weighted by Gasteiger charge is -2.25. The molecule has 0 aromatic carbocycles. The van der Waals surface area contributed by atoms with E-state index in [0.717, 1.165) is 0 Å². The van der Waals surface area contributed by atoms with E-state index >= 15 is 0 Å². The van der Waals surface area contributed by atoms with Crippen LogP contribution in [0.15, 0.2) is 16.9 Å². The summed E-state index contributed by atoms with van der Waals surface area (Å²) >= 11 is 0. The number of aryl methyl sites for hydroxylation is 1. The van der Waals surface area contributed by atoms with Crippen molar-refractivity contribution in [2.24, 2.45) is 0 Å². The number of nitrogens with zero attached hydrogens (tertiary/aromatic N) is 1. The molecule has 0 saturated carbocycles. The SMILES string of the molecule is Cc1cc(C(=O)N(C)CC(C)(C)O)cc(=O)[nH]1. The van der Waals surface area contributed by atoms with Crippen molar-refractivity contribution in [3.05, 3.63) is 33.7 Å². The minimum atomic E-state index is -0.958. The Morgan fingerprint density at radius 1 is 1.47 bits per heavy atom. The van der Waals surface area contributed by atoms with E-state index in [2.05, 4.69) is 4.98 Å². The minimum absolute atomic E-state index is 0.206. The molecule has 0 spiro atoms. The topological polar surface area (TPSA) is 73.4 Å². The van der Waals surface area contributed by atoms with Gasteiger partial charge in [-0.3, -0.25) is 9.59 Å². The summed E-state index contributed by atoms with van der Waals surface area (Å²) in [7, 11) is 1.59. The molecule has 1 rings (SSSR count). The lowest BCUT2D eigenvalue weighted by molar-refractivity contribution is 0.0368. The molecular formula is C12H18N2O3. The van der Waals surface area contributed by atoms with Crippen LogP contribution >= 0.6 is 0 Å². The van der Waals surface area contributed by atoms with Gasteiger partial charge in [0.05, 0.1) is 5.60 Å². The van der Waals surface area contributed by atoms with E-state index in [4.69, 9.17) is 0 Å². The van der Waals surface area contributed by atoms with Crippen LogP contribution in [0, 0.1) is 6.92 Å². The molecule has 0 aliphatic heterocycles. The molecule has 0 fully saturated rings. The van der Waals surface area contributed by atoms with Crippen molar-refractivity contribution in [1.82, 2.24) is 9.88 Å². The molecule has 5 nitrogen and oxygen atoms in total. The number of hydrogen-bond acceptors (Lipinski definition) is 3. The second-order valence-electron chi connectivity index (χ2n) is 4.89. The van der Waals surface area contributed by atoms with Gasteiger partial charge in [-0.15, -0.1) is 0 Å². The summed E-state index contributed by atoms with van der Waals surface area (Å²) in [5.74, 6) is -0.277. The molecule has 5 heteroatoms. The van der Waals surface area contributed by atoms with Gasteiger partial charge in [-0.05, 0) is 26.8 Å². The number of aromatic nitrogens is 1. The van der Waals surface area contributed by atoms with Crippen LogP contribution in [0.4, 0.5) is 0 Å². The number of aliphatic hydroxyl groups is 1. The van der Waals surface area contributed by atoms with E-state index in [0.29, 0.717) is 11.3 Å². The maximum absolute atomic E-state index is 12.0. The van der Waals surface area contributed by atoms with Crippen LogP contribution in [0.25, 0.3) is 0 Å². The zero-order valence-electron chi connectivity index (χ0n) is 10.6. The van der Waals surface area contributed by atoms with E-state index in [1.165, 1.54) is 11.0 Å². The number of H-pyrrole nitrogens is 1. The van der Waals surface area contributed by atoms with Gasteiger partial charge in [0.2, 0.25) is 5.56 Å². The van der Waals surface area contributed by atoms with Crippen LogP contribution in [-0.4, -0.2) is 40.1 Å². The maximum Gasteiger partial charge on any atom is 0.253 e. The van der Waals surface area contributed by atoms with Gasteiger partial charge in [0.1, 0.15) is 0 Å². The minimum Gasteiger partial charge on any atom is -0.389 e. The summed E-state index contributed by atoms with van der Waals surface area (Å²) in [4.78, 5) is 27.2. The first-order chi connectivity index (χ1) is 7.69. The van der Waals surface area contributed by atoms with Crippen molar-refractivity contribution >= 4 is 5.91 Å². The Labute approximate surface area is 100 Å². The fourth-order valence-corrected chi connectivity index (χ4v) is 1.68. The highest BCUT2D eigenvalue weighted by molar-refractivity contribution is 5.94. The molecule has 94 valence electrons. The Morgan fingerprint density at radius 3 is 2.53 bits per heavy atom. The summed E-state index contributed by atoms with van der Waals surface area (Å²) in [5, 5.41) is 9.63. The van der Waals surface area contributed by atoms with Gasteiger partial charge in [-0.2, -0.15) is 0 Å². The molecule has 1 amide bonds. The Balaban J connectivity index is 2.93. The van der Waals surface area contributed by atoms with Gasteiger partial charge in [-0.25, -0.2) is 0 Å². The van der Waals surface area contributed by atoms with Crippen LogP contribution < -0.4 is 5.56 Å². The Kier molecular flexibility index (Phi) is 3.72. The molecule has 1 heterocycles. The zero-order chi connectivity index (χ0) is 13.2. The first-order valence-corrected chi connectivity index (χ1v) is 5.38. The second-order valence-corrected chi connectivity index (χ2v) is 4.89. The normalized spacial score (nSPS) is 11.4. The third-order valence-electron chi connectivity index (χ3n) is 2.20. The molecule has 17 heavy (non-hydrogen) atoms. The van der Waals surface area contributed by atoms with Gasteiger partial charge < -0.3 is 15.0 Å². The molecule has 0 aliphatic rings. The van der Waals surface area contributed by atoms with Crippen molar-refractivity contribution in [3.8, 4) is 0 Å². The summed E-state index contributed by atoms with van der Waals surface area (Å²) in [6.45, 7) is 5.17. The quantitative estimate of drug-likeness (QED) is 0.806. The summed E-state index contributed by atoms with van der Waals surface area (Å²) < 4.78 is 0. The summed E-state index contributed by atoms with van der Waals surface area (Å²) in [6.07, 6.45) is 0. The molecule has 2 N–H and O–H groups in total. The molecule has 0 radical (unpaired) electrons. The highest BCUT2D eigenvalue weighted by atomic mass is 16.3. The number of aromatic amines is 1. The lowest BCUT2D eigenvalue weighted by atomic mass is 10.1. The van der Waals surface area contributed by atoms with E-state index in [1.807, 2.05) is 0 Å². The lowest BCUT2D eigenvalue weighted by Crippen LogP contribution is -2.40. The van der Waals surface area contributed by atoms with Gasteiger partial charge in [0.15, 0.2) is 0 Å². The Bertz CT molecular complexity index is 471. The average Bonchev–Trinajstić information content (AvgIpc) is 2.12. The zero-order valence-corrected chi connectivity index (χ0v) is 10.6. The summed E-state index contributed by atoms with van der Waals surface area (Å²) in [6, 6.07) is 2.88. The predicted molar refractivity (Wildman–Crippen MR) is 65.1 cm³/mol. The average molecular weight is 238 g/mol. The van der Waals surface area contributed by atoms with Crippen molar-refractivity contribution in [2.45, 2.75) is 26.4 Å². The molecule has 0 aliphatic carbocycles. The number of nitrogens with one attached hydrogen (secondary N) is 1. The molecule has 1 aromatic rings. The van der Waals surface area contributed by atoms with Gasteiger partial charge in [0.25, 0.3) is 5.91 Å². The van der Waals surface area contributed by atoms with Crippen LogP contribution in [-0.2, 0) is 0 Å². The fraction of sp³-hybridized carbons (Fsp3) is 0.500. The third-order valence-corrected chi connectivity index (χ3v) is 2.20. The number of carbonyl (C=O) groups excluding carboxylic acids is 1. The van der Waals surface area contributed by atoms with E-state index in [-0.39, 0.29) is 18.0 Å². The highest BCUT2D eigenvalue weighted by Gasteiger charge is 2.20. The Hall–Kier alpha value is -1.62. The van der Waals surface area contributed by atoms with E-state index in [1.54, 1.807) is 33.9 Å². The predicted octanol–water partition coefficient (Wildman–Crippen LogP) is 0.526. The van der Waals surface area contributed by atoms with Gasteiger partial charge in [0, 0.05) is 30.9 Å². The standard InChI is InChI=1S/C12H18N2O3/c1-8-5-9(6-10(15)13-8)11(16)14(4)7-12(2,3)17/h5-6,17H,7H2,1-4H3,(H,13,15). The Morgan fingerprint density at radius 2 is 2.06 bits per heavy atom. The molecule has 0 unspecified atom stereocenters. The molecular weight excluding hydrogens is 220 g/mol. The molecule has 1 aromatic heterocycles. The smallest absolute Gasteiger partial charge is 0.253 e. The number of pyridine rings is 1. The summed E-state index contributed by atoms with van der Waals surface area (Å²) in [5.41, 5.74) is -0.291. The maximum atomic E-state index is 12.0. The van der Waals surface area contributed by atoms with Crippen molar-refractivity contribution in [3.63, 3.8) is 0 Å². The van der Waals surface area contributed by atoms with Gasteiger partial charge >= 0.3 is 0 Å². The molecule has 0 saturated heterocycles. The van der Waals surface area contributed by atoms with E-state index in [9.17, 15) is 14.7 Å². The number of hydrogen-bond donors (Lipinski definition) is 2. The van der Waals surface area contributed by atoms with Crippen LogP contribution in [0.5, 0.6) is 0 Å². The highest BCUT2D eigenvalue weighted by Crippen LogP contribution is 2.07. The van der Waals surface area contributed by atoms with Crippen molar-refractivity contribution in [2.75, 3.05) is 13.6 Å². The van der Waals surface area contributed by atoms with Crippen LogP contribution in [0.3, 0.4) is 0 Å². The number of likely N-dealkylation sites (N-methyl/N-ethyl adjacent to an activating group) is 1. The van der Waals surface area contributed by atoms with Gasteiger partial charge in [-0.1, -0.05) is 0 Å². The van der Waals surface area contributed by atoms with Crippen LogP contribution in [0.1, 0.15) is 29.9 Å². The third kappa shape index (κ3) is 4.03. The van der Waals surface area contributed by atoms with Crippen molar-refractivity contribution < 1.29 is 9.90 Å². The van der Waals surface area contributed by atoms with Crippen LogP contribution in [0.2, 0.25) is 0 Å². The molecule has 0 atom stereocenters. The number of carbonyl (C=O) groups is 1. The number of amides is 1. The molecule has 0 bridgehead atoms. The second kappa shape index (κ2) is 4.71. The largest absolute Gasteiger partial charge is 0.389 e.